The molecule has 2 nitrogen and oxygen atoms in total. The minimum atomic E-state index is -0.405. The predicted octanol–water partition coefficient (Wildman–Crippen LogP) is 4.15. The van der Waals surface area contributed by atoms with Crippen molar-refractivity contribution in [3.63, 3.8) is 0 Å². The molecule has 1 fully saturated rings. The van der Waals surface area contributed by atoms with Crippen LogP contribution >= 0.6 is 15.9 Å². The van der Waals surface area contributed by atoms with E-state index in [1.807, 2.05) is 19.9 Å². The molecule has 1 aliphatic heterocycles. The van der Waals surface area contributed by atoms with E-state index < -0.39 is 5.41 Å². The Balaban J connectivity index is 1.96. The van der Waals surface area contributed by atoms with Gasteiger partial charge in [0.25, 0.3) is 0 Å². The van der Waals surface area contributed by atoms with Crippen molar-refractivity contribution in [2.75, 3.05) is 5.32 Å². The van der Waals surface area contributed by atoms with Gasteiger partial charge in [-0.05, 0) is 49.8 Å². The molecule has 0 saturated heterocycles. The Hall–Kier alpha value is -0.830. The van der Waals surface area contributed by atoms with Crippen LogP contribution in [0.2, 0.25) is 0 Å². The van der Waals surface area contributed by atoms with Gasteiger partial charge in [-0.25, -0.2) is 0 Å². The second-order valence-electron chi connectivity index (χ2n) is 5.98. The van der Waals surface area contributed by atoms with Gasteiger partial charge < -0.3 is 5.32 Å². The van der Waals surface area contributed by atoms with Gasteiger partial charge in [0.15, 0.2) is 0 Å². The highest BCUT2D eigenvalue weighted by Crippen LogP contribution is 2.45. The number of rotatable bonds is 2. The van der Waals surface area contributed by atoms with E-state index in [1.165, 1.54) is 24.8 Å². The predicted molar refractivity (Wildman–Crippen MR) is 77.1 cm³/mol. The Morgan fingerprint density at radius 2 is 2.11 bits per heavy atom. The maximum absolute atomic E-state index is 11.9. The van der Waals surface area contributed by atoms with Crippen molar-refractivity contribution < 1.29 is 4.79 Å². The molecule has 0 bridgehead atoms. The number of carbonyl (C=O) groups excluding carboxylic acids is 1. The number of halogens is 1. The molecular weight excluding hydrogens is 290 g/mol. The van der Waals surface area contributed by atoms with Crippen LogP contribution in [-0.4, -0.2) is 5.91 Å². The maximum atomic E-state index is 11.9. The second-order valence-corrected chi connectivity index (χ2v) is 6.96. The van der Waals surface area contributed by atoms with Crippen LogP contribution in [0.25, 0.3) is 0 Å². The molecule has 3 rings (SSSR count). The Morgan fingerprint density at radius 3 is 2.72 bits per heavy atom. The van der Waals surface area contributed by atoms with Gasteiger partial charge in [0.2, 0.25) is 5.91 Å². The lowest BCUT2D eigenvalue weighted by atomic mass is 9.79. The standard InChI is InChI=1S/C15H18BrNO/c1-15(2)11-8-10(13(16)9-4-3-5-9)6-7-12(11)17-14(15)18/h6-9,13H,3-5H2,1-2H3,(H,17,18). The van der Waals surface area contributed by atoms with Gasteiger partial charge in [0, 0.05) is 10.5 Å². The minimum absolute atomic E-state index is 0.101. The number of anilines is 1. The van der Waals surface area contributed by atoms with Crippen LogP contribution in [0.15, 0.2) is 18.2 Å². The van der Waals surface area contributed by atoms with Gasteiger partial charge in [-0.3, -0.25) is 4.79 Å². The highest BCUT2D eigenvalue weighted by Gasteiger charge is 2.39. The third kappa shape index (κ3) is 1.71. The average molecular weight is 308 g/mol. The van der Waals surface area contributed by atoms with E-state index >= 15 is 0 Å². The Bertz CT molecular complexity index is 505. The Labute approximate surface area is 116 Å². The smallest absolute Gasteiger partial charge is 0.234 e. The average Bonchev–Trinajstić information content (AvgIpc) is 2.47. The monoisotopic (exact) mass is 307 g/mol. The first kappa shape index (κ1) is 12.2. The molecule has 0 radical (unpaired) electrons. The van der Waals surface area contributed by atoms with Crippen molar-refractivity contribution in [2.24, 2.45) is 5.92 Å². The molecule has 18 heavy (non-hydrogen) atoms. The SMILES string of the molecule is CC1(C)C(=O)Nc2ccc(C(Br)C3CCC3)cc21. The maximum Gasteiger partial charge on any atom is 0.234 e. The number of hydrogen-bond acceptors (Lipinski definition) is 1. The van der Waals surface area contributed by atoms with Gasteiger partial charge in [-0.15, -0.1) is 0 Å². The summed E-state index contributed by atoms with van der Waals surface area (Å²) in [5.41, 5.74) is 3.01. The van der Waals surface area contributed by atoms with E-state index in [2.05, 4.69) is 33.4 Å². The molecule has 1 unspecified atom stereocenters. The highest BCUT2D eigenvalue weighted by atomic mass is 79.9. The first-order valence-electron chi connectivity index (χ1n) is 6.60. The molecule has 1 aromatic rings. The molecule has 0 aromatic heterocycles. The summed E-state index contributed by atoms with van der Waals surface area (Å²) < 4.78 is 0. The van der Waals surface area contributed by atoms with E-state index in [9.17, 15) is 4.79 Å². The van der Waals surface area contributed by atoms with Gasteiger partial charge in [-0.1, -0.05) is 34.5 Å². The molecule has 1 amide bonds. The number of carbonyl (C=O) groups is 1. The van der Waals surface area contributed by atoms with Gasteiger partial charge in [0.1, 0.15) is 0 Å². The fourth-order valence-electron chi connectivity index (χ4n) is 2.77. The third-order valence-corrected chi connectivity index (χ3v) is 5.69. The van der Waals surface area contributed by atoms with Gasteiger partial charge >= 0.3 is 0 Å². The molecule has 1 aliphatic carbocycles. The van der Waals surface area contributed by atoms with E-state index in [0.717, 1.165) is 17.2 Å². The number of fused-ring (bicyclic) bond motifs is 1. The minimum Gasteiger partial charge on any atom is -0.325 e. The molecular formula is C15H18BrNO. The summed E-state index contributed by atoms with van der Waals surface area (Å²) in [6, 6.07) is 6.38. The number of hydrogen-bond donors (Lipinski definition) is 1. The fourth-order valence-corrected chi connectivity index (χ4v) is 3.58. The summed E-state index contributed by atoms with van der Waals surface area (Å²) in [6.45, 7) is 3.98. The summed E-state index contributed by atoms with van der Waals surface area (Å²) in [4.78, 5) is 12.3. The molecule has 3 heteroatoms. The van der Waals surface area contributed by atoms with Gasteiger partial charge in [-0.2, -0.15) is 0 Å². The molecule has 2 aliphatic rings. The largest absolute Gasteiger partial charge is 0.325 e. The number of benzene rings is 1. The quantitative estimate of drug-likeness (QED) is 0.817. The van der Waals surface area contributed by atoms with Crippen LogP contribution in [0.5, 0.6) is 0 Å². The second kappa shape index (κ2) is 4.09. The molecule has 1 heterocycles. The third-order valence-electron chi connectivity index (χ3n) is 4.41. The first-order chi connectivity index (χ1) is 8.50. The lowest BCUT2D eigenvalue weighted by molar-refractivity contribution is -0.119. The number of nitrogens with one attached hydrogen (secondary N) is 1. The van der Waals surface area contributed by atoms with E-state index in [1.54, 1.807) is 0 Å². The summed E-state index contributed by atoms with van der Waals surface area (Å²) in [5.74, 6) is 0.862. The van der Waals surface area contributed by atoms with Crippen molar-refractivity contribution in [3.8, 4) is 0 Å². The zero-order valence-corrected chi connectivity index (χ0v) is 12.4. The van der Waals surface area contributed by atoms with E-state index in [4.69, 9.17) is 0 Å². The molecule has 0 spiro atoms. The summed E-state index contributed by atoms with van der Waals surface area (Å²) >= 11 is 3.82. The zero-order valence-electron chi connectivity index (χ0n) is 10.8. The van der Waals surface area contributed by atoms with Crippen molar-refractivity contribution in [3.05, 3.63) is 29.3 Å². The van der Waals surface area contributed by atoms with E-state index in [0.29, 0.717) is 4.83 Å². The van der Waals surface area contributed by atoms with Crippen LogP contribution in [0.4, 0.5) is 5.69 Å². The molecule has 1 N–H and O–H groups in total. The van der Waals surface area contributed by atoms with Gasteiger partial charge in [0.05, 0.1) is 5.41 Å². The summed E-state index contributed by atoms with van der Waals surface area (Å²) in [7, 11) is 0. The summed E-state index contributed by atoms with van der Waals surface area (Å²) in [6.07, 6.45) is 3.98. The van der Waals surface area contributed by atoms with E-state index in [-0.39, 0.29) is 5.91 Å². The number of alkyl halides is 1. The van der Waals surface area contributed by atoms with Crippen LogP contribution in [0.3, 0.4) is 0 Å². The molecule has 1 aromatic carbocycles. The van der Waals surface area contributed by atoms with Crippen LogP contribution in [-0.2, 0) is 10.2 Å². The molecule has 1 saturated carbocycles. The van der Waals surface area contributed by atoms with Crippen LogP contribution in [0.1, 0.15) is 49.1 Å². The molecule has 96 valence electrons. The number of amides is 1. The Morgan fingerprint density at radius 1 is 1.39 bits per heavy atom. The lowest BCUT2D eigenvalue weighted by Crippen LogP contribution is -2.27. The normalized spacial score (nSPS) is 23.2. The highest BCUT2D eigenvalue weighted by molar-refractivity contribution is 9.09. The van der Waals surface area contributed by atoms with Crippen molar-refractivity contribution in [1.82, 2.24) is 0 Å². The Kier molecular flexibility index (Phi) is 2.77. The lowest BCUT2D eigenvalue weighted by Gasteiger charge is -2.31. The topological polar surface area (TPSA) is 29.1 Å². The van der Waals surface area contributed by atoms with Crippen molar-refractivity contribution >= 4 is 27.5 Å². The fraction of sp³-hybridized carbons (Fsp3) is 0.533. The van der Waals surface area contributed by atoms with Crippen molar-refractivity contribution in [1.29, 1.82) is 0 Å². The van der Waals surface area contributed by atoms with Crippen molar-refractivity contribution in [2.45, 2.75) is 43.4 Å². The summed E-state index contributed by atoms with van der Waals surface area (Å²) in [5, 5.41) is 2.96. The molecule has 1 atom stereocenters. The first-order valence-corrected chi connectivity index (χ1v) is 7.51. The zero-order chi connectivity index (χ0) is 12.9. The van der Waals surface area contributed by atoms with Crippen LogP contribution in [0, 0.1) is 5.92 Å². The van der Waals surface area contributed by atoms with Crippen LogP contribution < -0.4 is 5.32 Å².